The molecular formula is C10H10ClF2NO. The maximum atomic E-state index is 13.4. The lowest BCUT2D eigenvalue weighted by atomic mass is 10.0. The standard InChI is InChI=1S/C10H10ClF2NO/c11-6-3-5(4-10(14)1-2-10)7(12)8(13)9(6)15/h3,15H,1-2,4,14H2. The van der Waals surface area contributed by atoms with Crippen LogP contribution in [-0.4, -0.2) is 10.6 Å². The molecule has 0 unspecified atom stereocenters. The van der Waals surface area contributed by atoms with Crippen molar-refractivity contribution in [1.29, 1.82) is 0 Å². The average molecular weight is 234 g/mol. The van der Waals surface area contributed by atoms with Gasteiger partial charge in [0.05, 0.1) is 5.02 Å². The summed E-state index contributed by atoms with van der Waals surface area (Å²) >= 11 is 5.54. The lowest BCUT2D eigenvalue weighted by Gasteiger charge is -2.11. The molecule has 1 aromatic carbocycles. The van der Waals surface area contributed by atoms with E-state index >= 15 is 0 Å². The molecule has 0 saturated heterocycles. The molecule has 0 bridgehead atoms. The summed E-state index contributed by atoms with van der Waals surface area (Å²) in [4.78, 5) is 0. The first-order valence-electron chi connectivity index (χ1n) is 4.57. The van der Waals surface area contributed by atoms with Crippen molar-refractivity contribution < 1.29 is 13.9 Å². The first-order valence-corrected chi connectivity index (χ1v) is 4.95. The lowest BCUT2D eigenvalue weighted by Crippen LogP contribution is -2.25. The third-order valence-electron chi connectivity index (χ3n) is 2.64. The van der Waals surface area contributed by atoms with E-state index in [4.69, 9.17) is 22.4 Å². The Kier molecular flexibility index (Phi) is 2.35. The number of phenolic OH excluding ortho intramolecular Hbond substituents is 1. The summed E-state index contributed by atoms with van der Waals surface area (Å²) in [6.07, 6.45) is 1.84. The highest BCUT2D eigenvalue weighted by Crippen LogP contribution is 2.38. The zero-order chi connectivity index (χ0) is 11.2. The average Bonchev–Trinajstić information content (AvgIpc) is 2.89. The number of phenols is 1. The van der Waals surface area contributed by atoms with Gasteiger partial charge in [0, 0.05) is 5.54 Å². The largest absolute Gasteiger partial charge is 0.504 e. The highest BCUT2D eigenvalue weighted by Gasteiger charge is 2.39. The van der Waals surface area contributed by atoms with Gasteiger partial charge in [0.2, 0.25) is 5.82 Å². The number of halogens is 3. The van der Waals surface area contributed by atoms with E-state index in [1.54, 1.807) is 0 Å². The maximum absolute atomic E-state index is 13.4. The summed E-state index contributed by atoms with van der Waals surface area (Å²) < 4.78 is 26.4. The van der Waals surface area contributed by atoms with Crippen LogP contribution in [0, 0.1) is 11.6 Å². The molecule has 0 aliphatic heterocycles. The summed E-state index contributed by atoms with van der Waals surface area (Å²) in [5, 5.41) is 8.86. The molecule has 1 fully saturated rings. The quantitative estimate of drug-likeness (QED) is 0.771. The molecule has 5 heteroatoms. The lowest BCUT2D eigenvalue weighted by molar-refractivity contribution is 0.403. The van der Waals surface area contributed by atoms with Crippen LogP contribution in [0.25, 0.3) is 0 Å². The van der Waals surface area contributed by atoms with E-state index in [9.17, 15) is 8.78 Å². The molecule has 15 heavy (non-hydrogen) atoms. The number of hydrogen-bond donors (Lipinski definition) is 2. The third kappa shape index (κ3) is 1.92. The number of hydrogen-bond acceptors (Lipinski definition) is 2. The molecule has 0 aromatic heterocycles. The highest BCUT2D eigenvalue weighted by molar-refractivity contribution is 6.32. The minimum Gasteiger partial charge on any atom is -0.504 e. The van der Waals surface area contributed by atoms with Gasteiger partial charge in [0.15, 0.2) is 11.6 Å². The van der Waals surface area contributed by atoms with E-state index in [0.717, 1.165) is 12.8 Å². The second kappa shape index (κ2) is 3.32. The van der Waals surface area contributed by atoms with Crippen LogP contribution in [-0.2, 0) is 6.42 Å². The second-order valence-electron chi connectivity index (χ2n) is 4.03. The fraction of sp³-hybridized carbons (Fsp3) is 0.400. The topological polar surface area (TPSA) is 46.2 Å². The van der Waals surface area contributed by atoms with Gasteiger partial charge in [-0.25, -0.2) is 4.39 Å². The van der Waals surface area contributed by atoms with Crippen LogP contribution < -0.4 is 5.73 Å². The Labute approximate surface area is 90.7 Å². The normalized spacial score (nSPS) is 17.9. The zero-order valence-corrected chi connectivity index (χ0v) is 8.61. The van der Waals surface area contributed by atoms with E-state index in [1.165, 1.54) is 6.07 Å². The molecule has 2 nitrogen and oxygen atoms in total. The zero-order valence-electron chi connectivity index (χ0n) is 7.86. The van der Waals surface area contributed by atoms with E-state index in [2.05, 4.69) is 0 Å². The highest BCUT2D eigenvalue weighted by atomic mass is 35.5. The Bertz CT molecular complexity index is 418. The van der Waals surface area contributed by atoms with Gasteiger partial charge in [-0.3, -0.25) is 0 Å². The molecule has 1 aliphatic carbocycles. The van der Waals surface area contributed by atoms with Crippen molar-refractivity contribution in [2.75, 3.05) is 0 Å². The summed E-state index contributed by atoms with van der Waals surface area (Å²) in [5.41, 5.74) is 5.49. The van der Waals surface area contributed by atoms with Gasteiger partial charge in [-0.1, -0.05) is 11.6 Å². The number of benzene rings is 1. The summed E-state index contributed by atoms with van der Waals surface area (Å²) in [7, 11) is 0. The smallest absolute Gasteiger partial charge is 0.202 e. The molecular weight excluding hydrogens is 224 g/mol. The fourth-order valence-corrected chi connectivity index (χ4v) is 1.69. The molecule has 2 rings (SSSR count). The molecule has 0 heterocycles. The van der Waals surface area contributed by atoms with Crippen molar-refractivity contribution in [2.45, 2.75) is 24.8 Å². The van der Waals surface area contributed by atoms with E-state index < -0.39 is 22.9 Å². The van der Waals surface area contributed by atoms with E-state index in [-0.39, 0.29) is 17.0 Å². The van der Waals surface area contributed by atoms with Gasteiger partial charge >= 0.3 is 0 Å². The van der Waals surface area contributed by atoms with Crippen LogP contribution in [0.4, 0.5) is 8.78 Å². The Morgan fingerprint density at radius 1 is 1.40 bits per heavy atom. The van der Waals surface area contributed by atoms with Crippen molar-refractivity contribution in [3.8, 4) is 5.75 Å². The van der Waals surface area contributed by atoms with Crippen molar-refractivity contribution >= 4 is 11.6 Å². The number of rotatable bonds is 2. The first-order chi connectivity index (χ1) is 6.93. The minimum absolute atomic E-state index is 0.121. The molecule has 1 aromatic rings. The van der Waals surface area contributed by atoms with Crippen LogP contribution in [0.15, 0.2) is 6.07 Å². The van der Waals surface area contributed by atoms with Crippen LogP contribution in [0.3, 0.4) is 0 Å². The van der Waals surface area contributed by atoms with Gasteiger partial charge in [-0.2, -0.15) is 4.39 Å². The fourth-order valence-electron chi connectivity index (χ4n) is 1.48. The van der Waals surface area contributed by atoms with Crippen molar-refractivity contribution in [3.63, 3.8) is 0 Å². The van der Waals surface area contributed by atoms with Crippen LogP contribution in [0.2, 0.25) is 5.02 Å². The molecule has 0 spiro atoms. The first kappa shape index (κ1) is 10.6. The summed E-state index contributed by atoms with van der Waals surface area (Å²) in [5.74, 6) is -3.21. The van der Waals surface area contributed by atoms with E-state index in [1.807, 2.05) is 0 Å². The van der Waals surface area contributed by atoms with Crippen LogP contribution in [0.1, 0.15) is 18.4 Å². The van der Waals surface area contributed by atoms with Crippen LogP contribution in [0.5, 0.6) is 5.75 Å². The molecule has 3 N–H and O–H groups in total. The summed E-state index contributed by atoms with van der Waals surface area (Å²) in [6, 6.07) is 1.22. The summed E-state index contributed by atoms with van der Waals surface area (Å²) in [6.45, 7) is 0. The molecule has 0 amide bonds. The Hall–Kier alpha value is -0.870. The van der Waals surface area contributed by atoms with Gasteiger partial charge in [-0.15, -0.1) is 0 Å². The number of aromatic hydroxyl groups is 1. The van der Waals surface area contributed by atoms with Gasteiger partial charge in [-0.05, 0) is 30.9 Å². The predicted molar refractivity (Wildman–Crippen MR) is 52.9 cm³/mol. The van der Waals surface area contributed by atoms with Gasteiger partial charge < -0.3 is 10.8 Å². The predicted octanol–water partition coefficient (Wildman–Crippen LogP) is 2.36. The van der Waals surface area contributed by atoms with Crippen molar-refractivity contribution in [2.24, 2.45) is 5.73 Å². The molecule has 0 radical (unpaired) electrons. The molecule has 1 saturated carbocycles. The van der Waals surface area contributed by atoms with Gasteiger partial charge in [0.1, 0.15) is 0 Å². The Balaban J connectivity index is 2.39. The molecule has 1 aliphatic rings. The monoisotopic (exact) mass is 233 g/mol. The van der Waals surface area contributed by atoms with Gasteiger partial charge in [0.25, 0.3) is 0 Å². The minimum atomic E-state index is -1.30. The third-order valence-corrected chi connectivity index (χ3v) is 2.93. The Morgan fingerprint density at radius 2 is 2.00 bits per heavy atom. The van der Waals surface area contributed by atoms with Crippen molar-refractivity contribution in [3.05, 3.63) is 28.3 Å². The van der Waals surface area contributed by atoms with Crippen molar-refractivity contribution in [1.82, 2.24) is 0 Å². The maximum Gasteiger partial charge on any atom is 0.202 e. The molecule has 0 atom stereocenters. The van der Waals surface area contributed by atoms with E-state index in [0.29, 0.717) is 0 Å². The Morgan fingerprint density at radius 3 is 2.53 bits per heavy atom. The second-order valence-corrected chi connectivity index (χ2v) is 4.44. The molecule has 82 valence electrons. The van der Waals surface area contributed by atoms with Crippen LogP contribution >= 0.6 is 11.6 Å². The SMILES string of the molecule is NC1(Cc2cc(Cl)c(O)c(F)c2F)CC1. The number of nitrogens with two attached hydrogens (primary N) is 1.